The third kappa shape index (κ3) is 2.09. The summed E-state index contributed by atoms with van der Waals surface area (Å²) in [5, 5.41) is 9.55. The van der Waals surface area contributed by atoms with Crippen molar-refractivity contribution in [3.63, 3.8) is 0 Å². The molecule has 0 aliphatic heterocycles. The molecule has 0 amide bonds. The van der Waals surface area contributed by atoms with Crippen LogP contribution < -0.4 is 11.2 Å². The minimum atomic E-state index is -0.834. The van der Waals surface area contributed by atoms with Gasteiger partial charge in [-0.25, -0.2) is 4.79 Å². The van der Waals surface area contributed by atoms with E-state index in [1.165, 1.54) is 0 Å². The lowest BCUT2D eigenvalue weighted by molar-refractivity contribution is 0.162. The summed E-state index contributed by atoms with van der Waals surface area (Å²) in [7, 11) is 0. The first-order valence-corrected chi connectivity index (χ1v) is 6.16. The molecule has 0 fully saturated rings. The second-order valence-corrected chi connectivity index (χ2v) is 4.59. The Labute approximate surface area is 113 Å². The van der Waals surface area contributed by atoms with E-state index in [1.807, 2.05) is 36.4 Å². The first kappa shape index (κ1) is 12.2. The van der Waals surface area contributed by atoms with Crippen molar-refractivity contribution in [2.75, 3.05) is 0 Å². The lowest BCUT2D eigenvalue weighted by atomic mass is 10.0. The molecule has 2 N–H and O–H groups in total. The van der Waals surface area contributed by atoms with Crippen molar-refractivity contribution in [1.29, 1.82) is 0 Å². The Morgan fingerprint density at radius 1 is 1.00 bits per heavy atom. The van der Waals surface area contributed by atoms with E-state index >= 15 is 0 Å². The molecule has 2 aromatic carbocycles. The van der Waals surface area contributed by atoms with E-state index in [9.17, 15) is 14.8 Å². The first-order valence-electron chi connectivity index (χ1n) is 6.16. The summed E-state index contributed by atoms with van der Waals surface area (Å²) in [4.78, 5) is 25.6. The van der Waals surface area contributed by atoms with Gasteiger partial charge in [-0.1, -0.05) is 41.1 Å². The number of nitrogens with zero attached hydrogens (tertiary/aromatic N) is 1. The van der Waals surface area contributed by atoms with Crippen LogP contribution in [0.1, 0.15) is 11.1 Å². The highest BCUT2D eigenvalue weighted by Crippen LogP contribution is 2.13. The van der Waals surface area contributed by atoms with Crippen LogP contribution in [0.2, 0.25) is 0 Å². The lowest BCUT2D eigenvalue weighted by Gasteiger charge is -2.04. The number of fused-ring (bicyclic) bond motifs is 1. The average Bonchev–Trinajstić information content (AvgIpc) is 2.46. The van der Waals surface area contributed by atoms with Crippen molar-refractivity contribution >= 4 is 10.9 Å². The van der Waals surface area contributed by atoms with Gasteiger partial charge in [0, 0.05) is 0 Å². The van der Waals surface area contributed by atoms with Gasteiger partial charge in [0.25, 0.3) is 5.56 Å². The molecule has 5 heteroatoms. The van der Waals surface area contributed by atoms with E-state index in [0.717, 1.165) is 11.1 Å². The summed E-state index contributed by atoms with van der Waals surface area (Å²) in [6.45, 7) is 0. The predicted molar refractivity (Wildman–Crippen MR) is 75.3 cm³/mol. The van der Waals surface area contributed by atoms with Gasteiger partial charge in [-0.2, -0.15) is 0 Å². The highest BCUT2D eigenvalue weighted by Gasteiger charge is 2.07. The topological polar surface area (TPSA) is 75.1 Å². The summed E-state index contributed by atoms with van der Waals surface area (Å²) in [5.74, 6) is 0. The van der Waals surface area contributed by atoms with Crippen molar-refractivity contribution in [3.8, 4) is 0 Å². The first-order chi connectivity index (χ1) is 9.65. The van der Waals surface area contributed by atoms with E-state index in [4.69, 9.17) is 0 Å². The van der Waals surface area contributed by atoms with Crippen molar-refractivity contribution < 1.29 is 5.21 Å². The Bertz CT molecular complexity index is 879. The molecule has 1 aromatic heterocycles. The Kier molecular flexibility index (Phi) is 2.87. The molecule has 20 heavy (non-hydrogen) atoms. The van der Waals surface area contributed by atoms with Crippen LogP contribution in [-0.2, 0) is 6.42 Å². The minimum Gasteiger partial charge on any atom is -0.421 e. The fourth-order valence-electron chi connectivity index (χ4n) is 2.20. The van der Waals surface area contributed by atoms with Crippen LogP contribution in [0.25, 0.3) is 10.9 Å². The number of aromatic nitrogens is 2. The fourth-order valence-corrected chi connectivity index (χ4v) is 2.20. The minimum absolute atomic E-state index is 0.0825. The van der Waals surface area contributed by atoms with Crippen molar-refractivity contribution in [1.82, 2.24) is 9.71 Å². The summed E-state index contributed by atoms with van der Waals surface area (Å²) in [6.07, 6.45) is 0.709. The SMILES string of the molecule is O=c1[nH]c2cc(Cc3ccccc3)ccc2c(=O)n1O. The summed E-state index contributed by atoms with van der Waals surface area (Å²) in [5.41, 5.74) is 1.01. The van der Waals surface area contributed by atoms with Gasteiger partial charge < -0.3 is 10.2 Å². The molecule has 0 atom stereocenters. The summed E-state index contributed by atoms with van der Waals surface area (Å²) >= 11 is 0. The number of hydrogen-bond acceptors (Lipinski definition) is 3. The molecule has 0 unspecified atom stereocenters. The number of rotatable bonds is 2. The zero-order valence-electron chi connectivity index (χ0n) is 10.5. The molecule has 0 spiro atoms. The van der Waals surface area contributed by atoms with Gasteiger partial charge in [0.15, 0.2) is 0 Å². The number of aromatic amines is 1. The normalized spacial score (nSPS) is 10.8. The molecule has 0 saturated heterocycles. The van der Waals surface area contributed by atoms with E-state index in [1.54, 1.807) is 12.1 Å². The van der Waals surface area contributed by atoms with Crippen molar-refractivity contribution in [2.45, 2.75) is 6.42 Å². The van der Waals surface area contributed by atoms with Crippen LogP contribution in [0.3, 0.4) is 0 Å². The Morgan fingerprint density at radius 3 is 2.50 bits per heavy atom. The monoisotopic (exact) mass is 268 g/mol. The molecular weight excluding hydrogens is 256 g/mol. The Balaban J connectivity index is 2.10. The van der Waals surface area contributed by atoms with Crippen molar-refractivity contribution in [2.24, 2.45) is 0 Å². The number of H-pyrrole nitrogens is 1. The van der Waals surface area contributed by atoms with Crippen LogP contribution in [-0.4, -0.2) is 14.9 Å². The predicted octanol–water partition coefficient (Wildman–Crippen LogP) is 1.52. The van der Waals surface area contributed by atoms with Crippen LogP contribution in [0.4, 0.5) is 0 Å². The third-order valence-corrected chi connectivity index (χ3v) is 3.19. The number of nitrogens with one attached hydrogen (secondary N) is 1. The van der Waals surface area contributed by atoms with Gasteiger partial charge in [-0.3, -0.25) is 4.79 Å². The maximum absolute atomic E-state index is 11.7. The molecule has 0 aliphatic rings. The fraction of sp³-hybridized carbons (Fsp3) is 0.0667. The Morgan fingerprint density at radius 2 is 1.75 bits per heavy atom. The molecule has 1 heterocycles. The maximum Gasteiger partial charge on any atom is 0.362 e. The maximum atomic E-state index is 11.7. The molecule has 0 bridgehead atoms. The van der Waals surface area contributed by atoms with Gasteiger partial charge in [0.05, 0.1) is 10.9 Å². The van der Waals surface area contributed by atoms with Crippen LogP contribution in [0.15, 0.2) is 58.1 Å². The molecule has 3 aromatic rings. The quantitative estimate of drug-likeness (QED) is 0.692. The molecule has 5 nitrogen and oxygen atoms in total. The molecule has 0 aliphatic carbocycles. The second kappa shape index (κ2) is 4.70. The molecular formula is C15H12N2O3. The third-order valence-electron chi connectivity index (χ3n) is 3.19. The highest BCUT2D eigenvalue weighted by molar-refractivity contribution is 5.78. The van der Waals surface area contributed by atoms with E-state index in [0.29, 0.717) is 11.9 Å². The highest BCUT2D eigenvalue weighted by atomic mass is 16.5. The standard InChI is InChI=1S/C15H12N2O3/c18-14-12-7-6-11(8-10-4-2-1-3-5-10)9-13(12)16-15(19)17(14)20/h1-7,9,20H,8H2,(H,16,19). The molecule has 3 rings (SSSR count). The zero-order valence-corrected chi connectivity index (χ0v) is 10.5. The van der Waals surface area contributed by atoms with Gasteiger partial charge in [0.2, 0.25) is 0 Å². The molecule has 0 saturated carbocycles. The van der Waals surface area contributed by atoms with E-state index < -0.39 is 11.2 Å². The number of hydrogen-bond donors (Lipinski definition) is 2. The van der Waals surface area contributed by atoms with Gasteiger partial charge in [-0.15, -0.1) is 0 Å². The summed E-state index contributed by atoms with van der Waals surface area (Å²) in [6, 6.07) is 15.1. The van der Waals surface area contributed by atoms with Crippen LogP contribution in [0.5, 0.6) is 0 Å². The smallest absolute Gasteiger partial charge is 0.362 e. The van der Waals surface area contributed by atoms with Crippen LogP contribution in [0, 0.1) is 0 Å². The molecule has 0 radical (unpaired) electrons. The molecule has 100 valence electrons. The van der Waals surface area contributed by atoms with Gasteiger partial charge in [0.1, 0.15) is 0 Å². The van der Waals surface area contributed by atoms with Gasteiger partial charge in [-0.05, 0) is 29.7 Å². The summed E-state index contributed by atoms with van der Waals surface area (Å²) < 4.78 is 0.0825. The van der Waals surface area contributed by atoms with Gasteiger partial charge >= 0.3 is 5.69 Å². The average molecular weight is 268 g/mol. The van der Waals surface area contributed by atoms with E-state index in [2.05, 4.69) is 4.98 Å². The lowest BCUT2D eigenvalue weighted by Crippen LogP contribution is -2.33. The van der Waals surface area contributed by atoms with Crippen LogP contribution >= 0.6 is 0 Å². The van der Waals surface area contributed by atoms with E-state index in [-0.39, 0.29) is 10.1 Å². The largest absolute Gasteiger partial charge is 0.421 e. The van der Waals surface area contributed by atoms with Crippen molar-refractivity contribution in [3.05, 3.63) is 80.5 Å². The Hall–Kier alpha value is -2.82. The zero-order chi connectivity index (χ0) is 14.1. The number of benzene rings is 2. The second-order valence-electron chi connectivity index (χ2n) is 4.59.